The van der Waals surface area contributed by atoms with Gasteiger partial charge in [-0.25, -0.2) is 0 Å². The molecular formula is C15H24O6. The van der Waals surface area contributed by atoms with Crippen LogP contribution in [0.15, 0.2) is 0 Å². The van der Waals surface area contributed by atoms with Crippen LogP contribution in [0.25, 0.3) is 0 Å². The van der Waals surface area contributed by atoms with Crippen LogP contribution in [0.4, 0.5) is 0 Å². The molecule has 1 saturated carbocycles. The summed E-state index contributed by atoms with van der Waals surface area (Å²) in [5.41, 5.74) is 0. The van der Waals surface area contributed by atoms with E-state index in [2.05, 4.69) is 0 Å². The molecule has 120 valence electrons. The molecule has 6 heteroatoms. The number of carbonyl (C=O) groups is 1. The van der Waals surface area contributed by atoms with E-state index >= 15 is 0 Å². The highest BCUT2D eigenvalue weighted by Gasteiger charge is 2.54. The van der Waals surface area contributed by atoms with Crippen molar-refractivity contribution in [1.82, 2.24) is 0 Å². The van der Waals surface area contributed by atoms with E-state index < -0.39 is 0 Å². The van der Waals surface area contributed by atoms with E-state index in [1.165, 1.54) is 0 Å². The fraction of sp³-hybridized carbons (Fsp3) is 0.933. The first-order valence-corrected chi connectivity index (χ1v) is 7.75. The van der Waals surface area contributed by atoms with E-state index in [0.29, 0.717) is 12.8 Å². The highest BCUT2D eigenvalue weighted by molar-refractivity contribution is 5.72. The van der Waals surface area contributed by atoms with Gasteiger partial charge in [-0.05, 0) is 19.3 Å². The monoisotopic (exact) mass is 300 g/mol. The molecule has 2 saturated heterocycles. The number of carbonyl (C=O) groups excluding carboxylic acids is 1. The molecule has 0 amide bonds. The summed E-state index contributed by atoms with van der Waals surface area (Å²) in [7, 11) is 3.24. The molecule has 0 aromatic heterocycles. The van der Waals surface area contributed by atoms with Crippen LogP contribution in [-0.2, 0) is 28.5 Å². The Morgan fingerprint density at radius 3 is 2.71 bits per heavy atom. The molecule has 6 nitrogen and oxygen atoms in total. The zero-order chi connectivity index (χ0) is 14.8. The summed E-state index contributed by atoms with van der Waals surface area (Å²) in [4.78, 5) is 11.5. The predicted octanol–water partition coefficient (Wildman–Crippen LogP) is 1.47. The third kappa shape index (κ3) is 3.08. The topological polar surface area (TPSA) is 63.2 Å². The highest BCUT2D eigenvalue weighted by atomic mass is 16.7. The second kappa shape index (κ2) is 6.60. The largest absolute Gasteiger partial charge is 0.462 e. The molecule has 0 aromatic carbocycles. The smallest absolute Gasteiger partial charge is 0.306 e. The number of hydrogen-bond donors (Lipinski definition) is 0. The molecule has 21 heavy (non-hydrogen) atoms. The van der Waals surface area contributed by atoms with E-state index in [1.54, 1.807) is 14.2 Å². The first-order chi connectivity index (χ1) is 10.2. The molecule has 0 radical (unpaired) electrons. The van der Waals surface area contributed by atoms with Gasteiger partial charge in [0, 0.05) is 39.1 Å². The Bertz CT molecular complexity index is 363. The summed E-state index contributed by atoms with van der Waals surface area (Å²) in [6, 6.07) is 0. The van der Waals surface area contributed by atoms with Gasteiger partial charge in [0.05, 0.1) is 12.5 Å². The van der Waals surface area contributed by atoms with E-state index in [0.717, 1.165) is 25.9 Å². The zero-order valence-corrected chi connectivity index (χ0v) is 12.7. The number of methoxy groups -OCH3 is 2. The van der Waals surface area contributed by atoms with E-state index in [9.17, 15) is 4.79 Å². The van der Waals surface area contributed by atoms with Gasteiger partial charge in [0.1, 0.15) is 6.10 Å². The van der Waals surface area contributed by atoms with Gasteiger partial charge in [0.2, 0.25) is 0 Å². The maximum Gasteiger partial charge on any atom is 0.306 e. The van der Waals surface area contributed by atoms with Crippen molar-refractivity contribution in [3.63, 3.8) is 0 Å². The van der Waals surface area contributed by atoms with Crippen molar-refractivity contribution in [3.8, 4) is 0 Å². The molecule has 2 heterocycles. The Hall–Kier alpha value is -0.690. The molecule has 1 unspecified atom stereocenters. The van der Waals surface area contributed by atoms with Gasteiger partial charge >= 0.3 is 5.97 Å². The number of ether oxygens (including phenoxy) is 5. The molecule has 5 atom stereocenters. The Kier molecular flexibility index (Phi) is 4.78. The van der Waals surface area contributed by atoms with Crippen molar-refractivity contribution in [2.75, 3.05) is 20.8 Å². The van der Waals surface area contributed by atoms with Gasteiger partial charge in [-0.2, -0.15) is 0 Å². The molecule has 0 spiro atoms. The van der Waals surface area contributed by atoms with Crippen molar-refractivity contribution in [3.05, 3.63) is 0 Å². The maximum absolute atomic E-state index is 11.5. The molecule has 2 aliphatic heterocycles. The first kappa shape index (κ1) is 15.2. The molecule has 0 N–H and O–H groups in total. The molecule has 0 bridgehead atoms. The summed E-state index contributed by atoms with van der Waals surface area (Å²) in [5, 5.41) is 0. The average Bonchev–Trinajstić information content (AvgIpc) is 2.99. The maximum atomic E-state index is 11.5. The third-order valence-corrected chi connectivity index (χ3v) is 4.79. The second-order valence-electron chi connectivity index (χ2n) is 6.02. The van der Waals surface area contributed by atoms with Gasteiger partial charge in [-0.1, -0.05) is 0 Å². The van der Waals surface area contributed by atoms with Crippen molar-refractivity contribution in [1.29, 1.82) is 0 Å². The van der Waals surface area contributed by atoms with Crippen LogP contribution in [0.1, 0.15) is 32.1 Å². The zero-order valence-electron chi connectivity index (χ0n) is 12.7. The lowest BCUT2D eigenvalue weighted by Crippen LogP contribution is -2.39. The lowest BCUT2D eigenvalue weighted by molar-refractivity contribution is -0.227. The van der Waals surface area contributed by atoms with Crippen molar-refractivity contribution < 1.29 is 28.5 Å². The minimum atomic E-state index is -0.386. The standard InChI is InChI=1S/C15H24O6/c1-17-15(18-2)14-9-7-12(16)20-10(9)8-11(14)21-13-5-3-4-6-19-13/h9-11,13-15H,3-8H2,1-2H3/t9-,10-,11+,13?,14+/m0/s1. The SMILES string of the molecule is COC(OC)[C@@H]1[C@H]2CC(=O)O[C@H]2C[C@H]1OC1CCCCO1. The van der Waals surface area contributed by atoms with Crippen LogP contribution >= 0.6 is 0 Å². The van der Waals surface area contributed by atoms with Crippen LogP contribution in [0.3, 0.4) is 0 Å². The molecule has 3 rings (SSSR count). The minimum absolute atomic E-state index is 0.00183. The molecular weight excluding hydrogens is 276 g/mol. The van der Waals surface area contributed by atoms with E-state index in [1.807, 2.05) is 0 Å². The number of hydrogen-bond acceptors (Lipinski definition) is 6. The number of fused-ring (bicyclic) bond motifs is 1. The molecule has 3 aliphatic rings. The summed E-state index contributed by atoms with van der Waals surface area (Å²) in [5.74, 6) is -0.0220. The predicted molar refractivity (Wildman–Crippen MR) is 72.4 cm³/mol. The van der Waals surface area contributed by atoms with Crippen molar-refractivity contribution in [2.24, 2.45) is 11.8 Å². The second-order valence-corrected chi connectivity index (χ2v) is 6.02. The van der Waals surface area contributed by atoms with Crippen molar-refractivity contribution in [2.45, 2.75) is 56.9 Å². The normalized spacial score (nSPS) is 39.6. The first-order valence-electron chi connectivity index (χ1n) is 7.75. The lowest BCUT2D eigenvalue weighted by Gasteiger charge is -2.32. The molecule has 0 aromatic rings. The van der Waals surface area contributed by atoms with Gasteiger partial charge in [0.25, 0.3) is 0 Å². The fourth-order valence-electron chi connectivity index (χ4n) is 3.84. The Balaban J connectivity index is 1.70. The van der Waals surface area contributed by atoms with E-state index in [-0.39, 0.29) is 42.6 Å². The minimum Gasteiger partial charge on any atom is -0.462 e. The van der Waals surface area contributed by atoms with Crippen LogP contribution < -0.4 is 0 Å². The van der Waals surface area contributed by atoms with Crippen LogP contribution in [0.5, 0.6) is 0 Å². The quantitative estimate of drug-likeness (QED) is 0.566. The van der Waals surface area contributed by atoms with E-state index in [4.69, 9.17) is 23.7 Å². The van der Waals surface area contributed by atoms with Gasteiger partial charge < -0.3 is 23.7 Å². The van der Waals surface area contributed by atoms with Crippen molar-refractivity contribution >= 4 is 5.97 Å². The summed E-state index contributed by atoms with van der Waals surface area (Å²) in [6.07, 6.45) is 3.58. The Morgan fingerprint density at radius 2 is 2.05 bits per heavy atom. The lowest BCUT2D eigenvalue weighted by atomic mass is 9.91. The summed E-state index contributed by atoms with van der Waals surface area (Å²) in [6.45, 7) is 0.752. The summed E-state index contributed by atoms with van der Waals surface area (Å²) < 4.78 is 28.1. The Morgan fingerprint density at radius 1 is 1.24 bits per heavy atom. The third-order valence-electron chi connectivity index (χ3n) is 4.79. The van der Waals surface area contributed by atoms with Gasteiger partial charge in [-0.15, -0.1) is 0 Å². The van der Waals surface area contributed by atoms with Crippen LogP contribution in [-0.4, -0.2) is 51.6 Å². The average molecular weight is 300 g/mol. The van der Waals surface area contributed by atoms with Gasteiger partial charge in [-0.3, -0.25) is 4.79 Å². The number of rotatable bonds is 5. The molecule has 1 aliphatic carbocycles. The van der Waals surface area contributed by atoms with Crippen LogP contribution in [0.2, 0.25) is 0 Å². The highest BCUT2D eigenvalue weighted by Crippen LogP contribution is 2.45. The number of esters is 1. The fourth-order valence-corrected chi connectivity index (χ4v) is 3.84. The van der Waals surface area contributed by atoms with Crippen LogP contribution in [0, 0.1) is 11.8 Å². The van der Waals surface area contributed by atoms with Gasteiger partial charge in [0.15, 0.2) is 12.6 Å². The Labute approximate surface area is 125 Å². The summed E-state index contributed by atoms with van der Waals surface area (Å²) >= 11 is 0. The molecule has 3 fully saturated rings.